The number of nitrogens with one attached hydrogen (secondary N) is 1. The first-order valence-electron chi connectivity index (χ1n) is 7.87. The van der Waals surface area contributed by atoms with Crippen LogP contribution in [0.25, 0.3) is 10.9 Å². The molecule has 1 aliphatic carbocycles. The molecule has 0 saturated heterocycles. The molecule has 0 radical (unpaired) electrons. The van der Waals surface area contributed by atoms with Gasteiger partial charge in [0, 0.05) is 18.5 Å². The Bertz CT molecular complexity index is 655. The van der Waals surface area contributed by atoms with E-state index in [-0.39, 0.29) is 5.91 Å². The maximum absolute atomic E-state index is 12.6. The Hall–Kier alpha value is -1.97. The van der Waals surface area contributed by atoms with Gasteiger partial charge in [-0.2, -0.15) is 0 Å². The van der Waals surface area contributed by atoms with Crippen LogP contribution in [0, 0.1) is 5.92 Å². The van der Waals surface area contributed by atoms with Crippen LogP contribution in [0.2, 0.25) is 0 Å². The van der Waals surface area contributed by atoms with Gasteiger partial charge in [0.1, 0.15) is 5.69 Å². The first-order chi connectivity index (χ1) is 10.2. The fraction of sp³-hybridized carbons (Fsp3) is 0.471. The van der Waals surface area contributed by atoms with Crippen LogP contribution in [0.3, 0.4) is 0 Å². The van der Waals surface area contributed by atoms with E-state index in [1.54, 1.807) is 0 Å². The number of anilines is 1. The molecule has 0 atom stereocenters. The summed E-state index contributed by atoms with van der Waals surface area (Å²) in [5.41, 5.74) is 8.51. The minimum atomic E-state index is -0.0379. The highest BCUT2D eigenvalue weighted by atomic mass is 16.2. The molecular weight excluding hydrogens is 262 g/mol. The van der Waals surface area contributed by atoms with Crippen molar-refractivity contribution in [2.45, 2.75) is 39.2 Å². The second-order valence-electron chi connectivity index (χ2n) is 5.94. The van der Waals surface area contributed by atoms with Gasteiger partial charge in [-0.3, -0.25) is 4.79 Å². The van der Waals surface area contributed by atoms with Gasteiger partial charge in [-0.25, -0.2) is 0 Å². The Morgan fingerprint density at radius 1 is 1.38 bits per heavy atom. The first kappa shape index (κ1) is 14.0. The van der Waals surface area contributed by atoms with Crippen molar-refractivity contribution in [1.82, 2.24) is 9.88 Å². The van der Waals surface area contributed by atoms with Gasteiger partial charge in [0.05, 0.1) is 11.2 Å². The number of nitrogens with zero attached hydrogens (tertiary/aromatic N) is 1. The van der Waals surface area contributed by atoms with Crippen LogP contribution in [-0.2, 0) is 6.54 Å². The summed E-state index contributed by atoms with van der Waals surface area (Å²) in [6.45, 7) is 3.69. The Morgan fingerprint density at radius 2 is 2.14 bits per heavy atom. The molecule has 0 spiro atoms. The number of nitrogen functional groups attached to an aromatic ring is 1. The number of aryl methyl sites for hydroxylation is 1. The maximum atomic E-state index is 12.6. The molecule has 0 bridgehead atoms. The molecule has 3 N–H and O–H groups in total. The van der Waals surface area contributed by atoms with Gasteiger partial charge in [-0.05, 0) is 31.2 Å². The summed E-state index contributed by atoms with van der Waals surface area (Å²) in [6.07, 6.45) is 4.72. The number of carbonyl (C=O) groups is 1. The van der Waals surface area contributed by atoms with Gasteiger partial charge in [-0.1, -0.05) is 31.5 Å². The lowest BCUT2D eigenvalue weighted by molar-refractivity contribution is 0.0931. The minimum Gasteiger partial charge on any atom is -0.396 e. The molecule has 112 valence electrons. The third kappa shape index (κ3) is 2.50. The number of benzene rings is 1. The summed E-state index contributed by atoms with van der Waals surface area (Å²) < 4.78 is 2.06. The number of fused-ring (bicyclic) bond motifs is 1. The van der Waals surface area contributed by atoms with Crippen LogP contribution < -0.4 is 11.1 Å². The Morgan fingerprint density at radius 3 is 2.81 bits per heavy atom. The lowest BCUT2D eigenvalue weighted by Crippen LogP contribution is -2.33. The van der Waals surface area contributed by atoms with Gasteiger partial charge in [0.15, 0.2) is 0 Å². The fourth-order valence-corrected chi connectivity index (χ4v) is 3.05. The van der Waals surface area contributed by atoms with E-state index in [4.69, 9.17) is 5.73 Å². The van der Waals surface area contributed by atoms with Crippen molar-refractivity contribution in [2.24, 2.45) is 5.92 Å². The Balaban J connectivity index is 1.93. The molecule has 4 nitrogen and oxygen atoms in total. The number of hydrogen-bond acceptors (Lipinski definition) is 2. The van der Waals surface area contributed by atoms with Crippen molar-refractivity contribution in [2.75, 3.05) is 12.3 Å². The summed E-state index contributed by atoms with van der Waals surface area (Å²) in [6, 6.07) is 7.97. The smallest absolute Gasteiger partial charge is 0.270 e. The van der Waals surface area contributed by atoms with E-state index in [1.165, 1.54) is 19.3 Å². The molecule has 3 rings (SSSR count). The summed E-state index contributed by atoms with van der Waals surface area (Å²) >= 11 is 0. The average molecular weight is 285 g/mol. The van der Waals surface area contributed by atoms with Gasteiger partial charge in [0.2, 0.25) is 0 Å². The average Bonchev–Trinajstić information content (AvgIpc) is 2.71. The van der Waals surface area contributed by atoms with E-state index in [0.29, 0.717) is 17.3 Å². The fourth-order valence-electron chi connectivity index (χ4n) is 3.05. The van der Waals surface area contributed by atoms with Crippen molar-refractivity contribution >= 4 is 22.5 Å². The molecular formula is C17H23N3O. The highest BCUT2D eigenvalue weighted by Gasteiger charge is 2.23. The second-order valence-corrected chi connectivity index (χ2v) is 5.94. The zero-order valence-corrected chi connectivity index (χ0v) is 12.6. The Kier molecular flexibility index (Phi) is 3.86. The molecule has 1 aromatic heterocycles. The van der Waals surface area contributed by atoms with E-state index >= 15 is 0 Å². The van der Waals surface area contributed by atoms with Gasteiger partial charge in [-0.15, -0.1) is 0 Å². The number of nitrogens with two attached hydrogens (primary N) is 1. The highest BCUT2D eigenvalue weighted by molar-refractivity contribution is 6.08. The van der Waals surface area contributed by atoms with E-state index in [1.807, 2.05) is 24.3 Å². The van der Waals surface area contributed by atoms with Crippen molar-refractivity contribution < 1.29 is 4.79 Å². The van der Waals surface area contributed by atoms with Crippen molar-refractivity contribution in [3.8, 4) is 0 Å². The van der Waals surface area contributed by atoms with Crippen molar-refractivity contribution in [3.63, 3.8) is 0 Å². The van der Waals surface area contributed by atoms with E-state index < -0.39 is 0 Å². The molecule has 21 heavy (non-hydrogen) atoms. The normalized spacial score (nSPS) is 15.1. The predicted octanol–water partition coefficient (Wildman–Crippen LogP) is 3.16. The van der Waals surface area contributed by atoms with Crippen LogP contribution >= 0.6 is 0 Å². The quantitative estimate of drug-likeness (QED) is 0.886. The summed E-state index contributed by atoms with van der Waals surface area (Å²) in [7, 11) is 0. The molecule has 1 heterocycles. The summed E-state index contributed by atoms with van der Waals surface area (Å²) in [5, 5.41) is 4.03. The number of amides is 1. The number of aromatic nitrogens is 1. The SMILES string of the molecule is CCCn1c(C(=O)NCC2CCC2)c(N)c2ccccc21. The third-order valence-corrected chi connectivity index (χ3v) is 4.45. The van der Waals surface area contributed by atoms with Crippen LogP contribution in [0.4, 0.5) is 5.69 Å². The first-order valence-corrected chi connectivity index (χ1v) is 7.87. The molecule has 1 fully saturated rings. The second kappa shape index (κ2) is 5.80. The molecule has 0 unspecified atom stereocenters. The van der Waals surface area contributed by atoms with E-state index in [0.717, 1.165) is 30.4 Å². The van der Waals surface area contributed by atoms with Crippen LogP contribution in [0.5, 0.6) is 0 Å². The van der Waals surface area contributed by atoms with Crippen LogP contribution in [0.15, 0.2) is 24.3 Å². The number of hydrogen-bond donors (Lipinski definition) is 2. The van der Waals surface area contributed by atoms with E-state index in [2.05, 4.69) is 16.8 Å². The molecule has 1 saturated carbocycles. The molecule has 1 aliphatic rings. The maximum Gasteiger partial charge on any atom is 0.270 e. The summed E-state index contributed by atoms with van der Waals surface area (Å²) in [4.78, 5) is 12.6. The van der Waals surface area contributed by atoms with Crippen LogP contribution in [-0.4, -0.2) is 17.0 Å². The topological polar surface area (TPSA) is 60.0 Å². The molecule has 0 aliphatic heterocycles. The van der Waals surface area contributed by atoms with Crippen LogP contribution in [0.1, 0.15) is 43.1 Å². The van der Waals surface area contributed by atoms with Crippen molar-refractivity contribution in [1.29, 1.82) is 0 Å². The zero-order valence-electron chi connectivity index (χ0n) is 12.6. The Labute approximate surface area is 125 Å². The van der Waals surface area contributed by atoms with Crippen molar-refractivity contribution in [3.05, 3.63) is 30.0 Å². The monoisotopic (exact) mass is 285 g/mol. The van der Waals surface area contributed by atoms with Gasteiger partial charge >= 0.3 is 0 Å². The highest BCUT2D eigenvalue weighted by Crippen LogP contribution is 2.29. The molecule has 1 aromatic carbocycles. The van der Waals surface area contributed by atoms with Gasteiger partial charge in [0.25, 0.3) is 5.91 Å². The minimum absolute atomic E-state index is 0.0379. The molecule has 4 heteroatoms. The van der Waals surface area contributed by atoms with E-state index in [9.17, 15) is 4.79 Å². The standard InChI is InChI=1S/C17H23N3O/c1-2-10-20-14-9-4-3-8-13(14)15(18)16(20)17(21)19-11-12-6-5-7-12/h3-4,8-9,12H,2,5-7,10-11,18H2,1H3,(H,19,21). The largest absolute Gasteiger partial charge is 0.396 e. The lowest BCUT2D eigenvalue weighted by Gasteiger charge is -2.25. The molecule has 2 aromatic rings. The number of para-hydroxylation sites is 1. The number of carbonyl (C=O) groups excluding carboxylic acids is 1. The zero-order chi connectivity index (χ0) is 14.8. The van der Waals surface area contributed by atoms with Gasteiger partial charge < -0.3 is 15.6 Å². The summed E-state index contributed by atoms with van der Waals surface area (Å²) in [5.74, 6) is 0.614. The molecule has 1 amide bonds. The third-order valence-electron chi connectivity index (χ3n) is 4.45. The predicted molar refractivity (Wildman–Crippen MR) is 86.3 cm³/mol. The number of rotatable bonds is 5. The lowest BCUT2D eigenvalue weighted by atomic mass is 9.85.